The van der Waals surface area contributed by atoms with Crippen LogP contribution in [0.2, 0.25) is 5.02 Å². The molecule has 2 aromatic heterocycles. The highest BCUT2D eigenvalue weighted by Gasteiger charge is 2.06. The Hall–Kier alpha value is -1.02. The van der Waals surface area contributed by atoms with E-state index in [1.54, 1.807) is 6.20 Å². The van der Waals surface area contributed by atoms with E-state index in [0.29, 0.717) is 5.92 Å². The smallest absolute Gasteiger partial charge is 0.0696 e. The van der Waals surface area contributed by atoms with Crippen molar-refractivity contribution < 1.29 is 0 Å². The molecule has 0 aliphatic carbocycles. The van der Waals surface area contributed by atoms with Gasteiger partial charge in [0.05, 0.1) is 10.5 Å². The van der Waals surface area contributed by atoms with E-state index < -0.39 is 0 Å². The van der Waals surface area contributed by atoms with E-state index in [-0.39, 0.29) is 0 Å². The van der Waals surface area contributed by atoms with E-state index in [4.69, 9.17) is 11.6 Å². The van der Waals surface area contributed by atoms with Gasteiger partial charge in [0.1, 0.15) is 0 Å². The lowest BCUT2D eigenvalue weighted by molar-refractivity contribution is 0.841. The van der Waals surface area contributed by atoms with Gasteiger partial charge in [0.25, 0.3) is 0 Å². The Balaban J connectivity index is 2.75. The Bertz CT molecular complexity index is 431. The summed E-state index contributed by atoms with van der Waals surface area (Å²) in [7, 11) is 0. The fraction of sp³-hybridized carbons (Fsp3) is 0.300. The molecule has 0 fully saturated rings. The Morgan fingerprint density at radius 3 is 2.92 bits per heavy atom. The molecule has 68 valence electrons. The van der Waals surface area contributed by atoms with Crippen LogP contribution < -0.4 is 0 Å². The largest absolute Gasteiger partial charge is 0.239 e. The van der Waals surface area contributed by atoms with Crippen LogP contribution in [0.4, 0.5) is 0 Å². The molecule has 0 spiro atoms. The molecule has 0 N–H and O–H groups in total. The van der Waals surface area contributed by atoms with Crippen molar-refractivity contribution in [2.45, 2.75) is 19.8 Å². The maximum absolute atomic E-state index is 5.90. The fourth-order valence-corrected chi connectivity index (χ4v) is 1.69. The summed E-state index contributed by atoms with van der Waals surface area (Å²) in [6, 6.07) is 3.99. The third-order valence-electron chi connectivity index (χ3n) is 2.13. The first kappa shape index (κ1) is 8.57. The van der Waals surface area contributed by atoms with E-state index in [9.17, 15) is 0 Å². The average molecular weight is 195 g/mol. The van der Waals surface area contributed by atoms with Gasteiger partial charge in [-0.15, -0.1) is 0 Å². The first-order valence-electron chi connectivity index (χ1n) is 4.31. The summed E-state index contributed by atoms with van der Waals surface area (Å²) in [4.78, 5) is 0. The van der Waals surface area contributed by atoms with Gasteiger partial charge in [-0.05, 0) is 23.6 Å². The quantitative estimate of drug-likeness (QED) is 0.682. The van der Waals surface area contributed by atoms with Crippen LogP contribution in [-0.2, 0) is 0 Å². The van der Waals surface area contributed by atoms with Crippen LogP contribution in [0.15, 0.2) is 24.5 Å². The Morgan fingerprint density at radius 1 is 1.46 bits per heavy atom. The Morgan fingerprint density at radius 2 is 2.23 bits per heavy atom. The van der Waals surface area contributed by atoms with Crippen molar-refractivity contribution in [2.75, 3.05) is 0 Å². The third-order valence-corrected chi connectivity index (χ3v) is 2.34. The summed E-state index contributed by atoms with van der Waals surface area (Å²) < 4.78 is 1.82. The Kier molecular flexibility index (Phi) is 2.00. The number of fused-ring (bicyclic) bond motifs is 1. The minimum absolute atomic E-state index is 0.497. The summed E-state index contributed by atoms with van der Waals surface area (Å²) in [5.41, 5.74) is 2.38. The summed E-state index contributed by atoms with van der Waals surface area (Å²) in [6.07, 6.45) is 3.63. The highest BCUT2D eigenvalue weighted by molar-refractivity contribution is 6.31. The molecule has 0 saturated heterocycles. The van der Waals surface area contributed by atoms with Gasteiger partial charge in [-0.1, -0.05) is 25.4 Å². The predicted octanol–water partition coefficient (Wildman–Crippen LogP) is 3.11. The van der Waals surface area contributed by atoms with Gasteiger partial charge in [-0.3, -0.25) is 0 Å². The molecule has 2 nitrogen and oxygen atoms in total. The van der Waals surface area contributed by atoms with E-state index in [0.717, 1.165) is 10.5 Å². The predicted molar refractivity (Wildman–Crippen MR) is 54.3 cm³/mol. The zero-order valence-electron chi connectivity index (χ0n) is 7.66. The van der Waals surface area contributed by atoms with Crippen molar-refractivity contribution in [3.8, 4) is 0 Å². The van der Waals surface area contributed by atoms with Crippen LogP contribution >= 0.6 is 11.6 Å². The molecule has 0 atom stereocenters. The summed E-state index contributed by atoms with van der Waals surface area (Å²) in [6.45, 7) is 4.33. The molecule has 0 radical (unpaired) electrons. The maximum atomic E-state index is 5.90. The maximum Gasteiger partial charge on any atom is 0.0696 e. The third kappa shape index (κ3) is 1.42. The van der Waals surface area contributed by atoms with Gasteiger partial charge in [0, 0.05) is 12.4 Å². The molecular weight excluding hydrogens is 184 g/mol. The fourth-order valence-electron chi connectivity index (χ4n) is 1.49. The molecule has 3 heteroatoms. The van der Waals surface area contributed by atoms with Crippen molar-refractivity contribution in [1.82, 2.24) is 9.61 Å². The van der Waals surface area contributed by atoms with E-state index in [1.807, 2.05) is 22.8 Å². The van der Waals surface area contributed by atoms with Crippen LogP contribution in [0.25, 0.3) is 5.52 Å². The minimum Gasteiger partial charge on any atom is -0.239 e. The Labute approximate surface area is 82.1 Å². The van der Waals surface area contributed by atoms with E-state index >= 15 is 0 Å². The second-order valence-corrected chi connectivity index (χ2v) is 3.87. The first-order valence-corrected chi connectivity index (χ1v) is 4.69. The molecule has 0 unspecified atom stereocenters. The number of rotatable bonds is 1. The van der Waals surface area contributed by atoms with Gasteiger partial charge >= 0.3 is 0 Å². The number of hydrogen-bond donors (Lipinski definition) is 0. The van der Waals surface area contributed by atoms with Crippen molar-refractivity contribution in [1.29, 1.82) is 0 Å². The highest BCUT2D eigenvalue weighted by Crippen LogP contribution is 2.22. The zero-order valence-corrected chi connectivity index (χ0v) is 8.42. The van der Waals surface area contributed by atoms with Crippen molar-refractivity contribution in [3.63, 3.8) is 0 Å². The molecule has 0 aromatic carbocycles. The van der Waals surface area contributed by atoms with Gasteiger partial charge in [0.2, 0.25) is 0 Å². The van der Waals surface area contributed by atoms with E-state index in [2.05, 4.69) is 18.9 Å². The monoisotopic (exact) mass is 194 g/mol. The van der Waals surface area contributed by atoms with E-state index in [1.165, 1.54) is 5.56 Å². The molecule has 0 aliphatic rings. The van der Waals surface area contributed by atoms with Crippen LogP contribution in [0.5, 0.6) is 0 Å². The highest BCUT2D eigenvalue weighted by atomic mass is 35.5. The van der Waals surface area contributed by atoms with Gasteiger partial charge in [0.15, 0.2) is 0 Å². The SMILES string of the molecule is CC(C)c1ccnn2cc(Cl)cc12. The molecular formula is C10H11ClN2. The number of aromatic nitrogens is 2. The number of hydrogen-bond acceptors (Lipinski definition) is 1. The zero-order chi connectivity index (χ0) is 9.42. The summed E-state index contributed by atoms with van der Waals surface area (Å²) in [5.74, 6) is 0.497. The van der Waals surface area contributed by atoms with Crippen molar-refractivity contribution in [3.05, 3.63) is 35.1 Å². The van der Waals surface area contributed by atoms with Gasteiger partial charge in [-0.2, -0.15) is 5.10 Å². The lowest BCUT2D eigenvalue weighted by Crippen LogP contribution is -1.95. The lowest BCUT2D eigenvalue weighted by Gasteiger charge is -2.06. The summed E-state index contributed by atoms with van der Waals surface area (Å²) in [5, 5.41) is 4.91. The molecule has 0 bridgehead atoms. The summed E-state index contributed by atoms with van der Waals surface area (Å²) >= 11 is 5.90. The molecule has 0 amide bonds. The van der Waals surface area contributed by atoms with Crippen molar-refractivity contribution >= 4 is 17.1 Å². The van der Waals surface area contributed by atoms with Crippen molar-refractivity contribution in [2.24, 2.45) is 0 Å². The number of nitrogens with zero attached hydrogens (tertiary/aromatic N) is 2. The topological polar surface area (TPSA) is 17.3 Å². The second-order valence-electron chi connectivity index (χ2n) is 3.43. The molecule has 13 heavy (non-hydrogen) atoms. The molecule has 2 heterocycles. The number of halogens is 1. The van der Waals surface area contributed by atoms with Crippen LogP contribution in [-0.4, -0.2) is 9.61 Å². The standard InChI is InChI=1S/C10H11ClN2/c1-7(2)9-3-4-12-13-6-8(11)5-10(9)13/h3-7H,1-2H3. The van der Waals surface area contributed by atoms with Crippen LogP contribution in [0.1, 0.15) is 25.3 Å². The molecule has 2 rings (SSSR count). The average Bonchev–Trinajstić information content (AvgIpc) is 2.43. The molecule has 2 aromatic rings. The second kappa shape index (κ2) is 3.04. The van der Waals surface area contributed by atoms with Crippen LogP contribution in [0.3, 0.4) is 0 Å². The lowest BCUT2D eigenvalue weighted by atomic mass is 10.0. The normalized spacial score (nSPS) is 11.4. The van der Waals surface area contributed by atoms with Crippen LogP contribution in [0, 0.1) is 0 Å². The van der Waals surface area contributed by atoms with Gasteiger partial charge < -0.3 is 0 Å². The van der Waals surface area contributed by atoms with Gasteiger partial charge in [-0.25, -0.2) is 4.52 Å². The minimum atomic E-state index is 0.497. The molecule has 0 saturated carbocycles. The first-order chi connectivity index (χ1) is 6.18. The molecule has 0 aliphatic heterocycles.